The Bertz CT molecular complexity index is 639. The standard InChI is InChI=1S/C20H22O2/c21-19(17-11-5-2-6-12-17,15-16-9-3-1-4-10-16)20-14-8-7-13-18(20)22-20/h1-6,9-12,18,21H,7-8,13-15H2/t18-,19+,20+/m0/s1. The van der Waals surface area contributed by atoms with Crippen LogP contribution < -0.4 is 0 Å². The van der Waals surface area contributed by atoms with Crippen LogP contribution in [0.2, 0.25) is 0 Å². The lowest BCUT2D eigenvalue weighted by Gasteiger charge is -2.37. The number of rotatable bonds is 4. The van der Waals surface area contributed by atoms with Gasteiger partial charge in [0.15, 0.2) is 0 Å². The fourth-order valence-electron chi connectivity index (χ4n) is 4.12. The van der Waals surface area contributed by atoms with Gasteiger partial charge in [-0.05, 0) is 24.0 Å². The van der Waals surface area contributed by atoms with Crippen LogP contribution in [-0.2, 0) is 16.8 Å². The van der Waals surface area contributed by atoms with E-state index in [1.54, 1.807) is 0 Å². The molecule has 0 aromatic heterocycles. The molecule has 2 aromatic rings. The molecule has 1 aliphatic carbocycles. The molecule has 0 unspecified atom stereocenters. The highest BCUT2D eigenvalue weighted by molar-refractivity contribution is 5.35. The zero-order chi connectivity index (χ0) is 15.0. The Morgan fingerprint density at radius 3 is 2.36 bits per heavy atom. The number of hydrogen-bond donors (Lipinski definition) is 1. The van der Waals surface area contributed by atoms with Crippen molar-refractivity contribution in [1.82, 2.24) is 0 Å². The normalized spacial score (nSPS) is 29.4. The summed E-state index contributed by atoms with van der Waals surface area (Å²) in [5, 5.41) is 11.7. The predicted molar refractivity (Wildman–Crippen MR) is 86.6 cm³/mol. The van der Waals surface area contributed by atoms with Gasteiger partial charge in [0.1, 0.15) is 11.2 Å². The highest BCUT2D eigenvalue weighted by Crippen LogP contribution is 2.58. The van der Waals surface area contributed by atoms with Gasteiger partial charge < -0.3 is 9.84 Å². The number of aliphatic hydroxyl groups is 1. The lowest BCUT2D eigenvalue weighted by Crippen LogP contribution is -2.47. The smallest absolute Gasteiger partial charge is 0.128 e. The molecule has 0 radical (unpaired) electrons. The molecule has 0 spiro atoms. The maximum atomic E-state index is 11.7. The molecule has 1 heterocycles. The molecular weight excluding hydrogens is 272 g/mol. The van der Waals surface area contributed by atoms with Crippen LogP contribution in [0.5, 0.6) is 0 Å². The van der Waals surface area contributed by atoms with E-state index in [4.69, 9.17) is 4.74 Å². The van der Waals surface area contributed by atoms with Crippen LogP contribution in [0.1, 0.15) is 36.8 Å². The van der Waals surface area contributed by atoms with Crippen molar-refractivity contribution >= 4 is 0 Å². The first-order valence-electron chi connectivity index (χ1n) is 8.24. The van der Waals surface area contributed by atoms with Gasteiger partial charge in [0.2, 0.25) is 0 Å². The van der Waals surface area contributed by atoms with Gasteiger partial charge in [-0.1, -0.05) is 73.5 Å². The van der Waals surface area contributed by atoms with Gasteiger partial charge in [-0.2, -0.15) is 0 Å². The van der Waals surface area contributed by atoms with E-state index in [0.29, 0.717) is 6.42 Å². The minimum Gasteiger partial charge on any atom is -0.382 e. The van der Waals surface area contributed by atoms with Crippen LogP contribution in [-0.4, -0.2) is 16.8 Å². The summed E-state index contributed by atoms with van der Waals surface area (Å²) < 4.78 is 6.11. The molecule has 0 bridgehead atoms. The summed E-state index contributed by atoms with van der Waals surface area (Å²) in [6.45, 7) is 0. The highest BCUT2D eigenvalue weighted by atomic mass is 16.6. The third-order valence-corrected chi connectivity index (χ3v) is 5.33. The molecule has 2 aliphatic rings. The molecule has 1 N–H and O–H groups in total. The third-order valence-electron chi connectivity index (χ3n) is 5.33. The zero-order valence-corrected chi connectivity index (χ0v) is 12.7. The quantitative estimate of drug-likeness (QED) is 0.869. The monoisotopic (exact) mass is 294 g/mol. The zero-order valence-electron chi connectivity index (χ0n) is 12.7. The molecule has 1 aliphatic heterocycles. The van der Waals surface area contributed by atoms with Crippen LogP contribution in [0.3, 0.4) is 0 Å². The maximum Gasteiger partial charge on any atom is 0.128 e. The Morgan fingerprint density at radius 1 is 1.00 bits per heavy atom. The fraction of sp³-hybridized carbons (Fsp3) is 0.400. The first-order valence-corrected chi connectivity index (χ1v) is 8.24. The third kappa shape index (κ3) is 2.10. The van der Waals surface area contributed by atoms with E-state index in [2.05, 4.69) is 12.1 Å². The summed E-state index contributed by atoms with van der Waals surface area (Å²) in [6.07, 6.45) is 5.20. The number of ether oxygens (including phenoxy) is 1. The molecule has 114 valence electrons. The molecule has 0 amide bonds. The number of fused-ring (bicyclic) bond motifs is 1. The summed E-state index contributed by atoms with van der Waals surface area (Å²) in [6, 6.07) is 20.3. The molecule has 2 nitrogen and oxygen atoms in total. The summed E-state index contributed by atoms with van der Waals surface area (Å²) >= 11 is 0. The highest BCUT2D eigenvalue weighted by Gasteiger charge is 2.69. The first kappa shape index (κ1) is 14.0. The molecule has 3 atom stereocenters. The second-order valence-electron chi connectivity index (χ2n) is 6.63. The van der Waals surface area contributed by atoms with Crippen molar-refractivity contribution in [3.05, 3.63) is 71.8 Å². The van der Waals surface area contributed by atoms with Gasteiger partial charge in [0.25, 0.3) is 0 Å². The van der Waals surface area contributed by atoms with Crippen molar-refractivity contribution in [1.29, 1.82) is 0 Å². The SMILES string of the molecule is O[C@](Cc1ccccc1)(c1ccccc1)[C@@]12CCCC[C@@H]1O2. The van der Waals surface area contributed by atoms with Gasteiger partial charge in [0.05, 0.1) is 6.10 Å². The number of benzene rings is 2. The Morgan fingerprint density at radius 2 is 1.68 bits per heavy atom. The van der Waals surface area contributed by atoms with Crippen molar-refractivity contribution in [2.45, 2.75) is 49.4 Å². The van der Waals surface area contributed by atoms with E-state index in [-0.39, 0.29) is 11.7 Å². The molecule has 22 heavy (non-hydrogen) atoms. The minimum absolute atomic E-state index is 0.218. The fourth-order valence-corrected chi connectivity index (χ4v) is 4.12. The molecule has 1 saturated carbocycles. The van der Waals surface area contributed by atoms with E-state index in [0.717, 1.165) is 30.4 Å². The molecule has 1 saturated heterocycles. The van der Waals surface area contributed by atoms with Crippen LogP contribution in [0.4, 0.5) is 0 Å². The maximum absolute atomic E-state index is 11.7. The summed E-state index contributed by atoms with van der Waals surface area (Å²) in [5.41, 5.74) is 0.801. The van der Waals surface area contributed by atoms with Crippen molar-refractivity contribution in [2.24, 2.45) is 0 Å². The van der Waals surface area contributed by atoms with Crippen LogP contribution >= 0.6 is 0 Å². The predicted octanol–water partition coefficient (Wildman–Crippen LogP) is 3.83. The van der Waals surface area contributed by atoms with Crippen molar-refractivity contribution in [3.63, 3.8) is 0 Å². The van der Waals surface area contributed by atoms with Crippen LogP contribution in [0, 0.1) is 0 Å². The van der Waals surface area contributed by atoms with E-state index in [9.17, 15) is 5.11 Å². The summed E-state index contributed by atoms with van der Waals surface area (Å²) in [7, 11) is 0. The number of epoxide rings is 1. The Hall–Kier alpha value is -1.64. The van der Waals surface area contributed by atoms with Gasteiger partial charge >= 0.3 is 0 Å². The minimum atomic E-state index is -0.944. The average molecular weight is 294 g/mol. The summed E-state index contributed by atoms with van der Waals surface area (Å²) in [5.74, 6) is 0. The molecule has 2 fully saturated rings. The van der Waals surface area contributed by atoms with Crippen LogP contribution in [0.15, 0.2) is 60.7 Å². The second kappa shape index (κ2) is 5.22. The molecular formula is C20H22O2. The topological polar surface area (TPSA) is 32.8 Å². The number of hydrogen-bond acceptors (Lipinski definition) is 2. The molecule has 2 heteroatoms. The van der Waals surface area contributed by atoms with Crippen LogP contribution in [0.25, 0.3) is 0 Å². The second-order valence-corrected chi connectivity index (χ2v) is 6.63. The molecule has 4 rings (SSSR count). The largest absolute Gasteiger partial charge is 0.382 e. The van der Waals surface area contributed by atoms with Gasteiger partial charge in [-0.15, -0.1) is 0 Å². The Kier molecular flexibility index (Phi) is 3.32. The van der Waals surface area contributed by atoms with E-state index in [1.807, 2.05) is 48.5 Å². The van der Waals surface area contributed by atoms with Crippen molar-refractivity contribution in [2.75, 3.05) is 0 Å². The lowest BCUT2D eigenvalue weighted by molar-refractivity contribution is -0.0495. The van der Waals surface area contributed by atoms with E-state index in [1.165, 1.54) is 6.42 Å². The Labute approximate surface area is 131 Å². The lowest BCUT2D eigenvalue weighted by atomic mass is 9.70. The average Bonchev–Trinajstić information content (AvgIpc) is 3.33. The van der Waals surface area contributed by atoms with Crippen molar-refractivity contribution < 1.29 is 9.84 Å². The molecule has 2 aromatic carbocycles. The van der Waals surface area contributed by atoms with Gasteiger partial charge in [0, 0.05) is 6.42 Å². The van der Waals surface area contributed by atoms with E-state index >= 15 is 0 Å². The first-order chi connectivity index (χ1) is 10.7. The van der Waals surface area contributed by atoms with Gasteiger partial charge in [-0.3, -0.25) is 0 Å². The Balaban J connectivity index is 1.75. The van der Waals surface area contributed by atoms with E-state index < -0.39 is 5.60 Å². The summed E-state index contributed by atoms with van der Waals surface area (Å²) in [4.78, 5) is 0. The van der Waals surface area contributed by atoms with Gasteiger partial charge in [-0.25, -0.2) is 0 Å². The van der Waals surface area contributed by atoms with Crippen molar-refractivity contribution in [3.8, 4) is 0 Å².